The van der Waals surface area contributed by atoms with Crippen LogP contribution < -0.4 is 14.8 Å². The van der Waals surface area contributed by atoms with Crippen LogP contribution >= 0.6 is 0 Å². The summed E-state index contributed by atoms with van der Waals surface area (Å²) < 4.78 is 40.3. The van der Waals surface area contributed by atoms with Gasteiger partial charge in [-0.25, -0.2) is 18.1 Å². The van der Waals surface area contributed by atoms with Crippen LogP contribution in [0.4, 0.5) is 11.4 Å². The Morgan fingerprint density at radius 2 is 2.00 bits per heavy atom. The fourth-order valence-corrected chi connectivity index (χ4v) is 6.99. The zero-order valence-electron chi connectivity index (χ0n) is 24.9. The minimum atomic E-state index is -4.48. The molecule has 4 heterocycles. The standard InChI is InChI=1S/C31H34N6O7S/c1-31(2)17-22(11-14-43-31)36-13-10-21(19-36)34-26-8-7-24(16-27(26)37(39)40)45(41,42)35-30(38)25-5-3-4-6-28(25)44-23-15-20-9-12-32-29(20)33-18-23/h3-9,12,15-16,18,21-22,34H,10-11,13-14,17,19H2,1-2H3,(H,32,33)(H,35,38)/t21-,22?/m1/s1. The molecule has 3 N–H and O–H groups in total. The molecule has 2 fully saturated rings. The van der Waals surface area contributed by atoms with Gasteiger partial charge < -0.3 is 19.8 Å². The molecule has 13 nitrogen and oxygen atoms in total. The number of aromatic amines is 1. The maximum atomic E-state index is 13.3. The number of sulfonamides is 1. The van der Waals surface area contributed by atoms with Crippen LogP contribution in [0.3, 0.4) is 0 Å². The summed E-state index contributed by atoms with van der Waals surface area (Å²) in [5.74, 6) is -0.485. The third kappa shape index (κ3) is 6.77. The molecule has 236 valence electrons. The largest absolute Gasteiger partial charge is 0.455 e. The predicted molar refractivity (Wildman–Crippen MR) is 167 cm³/mol. The van der Waals surface area contributed by atoms with Gasteiger partial charge in [0.15, 0.2) is 0 Å². The lowest BCUT2D eigenvalue weighted by Gasteiger charge is -2.39. The maximum Gasteiger partial charge on any atom is 0.293 e. The quantitative estimate of drug-likeness (QED) is 0.171. The van der Waals surface area contributed by atoms with Crippen LogP contribution in [0.15, 0.2) is 71.9 Å². The van der Waals surface area contributed by atoms with E-state index in [2.05, 4.69) is 34.0 Å². The molecule has 2 aliphatic rings. The summed E-state index contributed by atoms with van der Waals surface area (Å²) in [6.45, 7) is 6.44. The van der Waals surface area contributed by atoms with Gasteiger partial charge in [0.25, 0.3) is 21.6 Å². The van der Waals surface area contributed by atoms with Crippen LogP contribution in [0, 0.1) is 10.1 Å². The van der Waals surface area contributed by atoms with Crippen molar-refractivity contribution in [2.24, 2.45) is 0 Å². The first-order valence-corrected chi connectivity index (χ1v) is 16.2. The Morgan fingerprint density at radius 1 is 1.18 bits per heavy atom. The van der Waals surface area contributed by atoms with E-state index >= 15 is 0 Å². The topological polar surface area (TPSA) is 169 Å². The summed E-state index contributed by atoms with van der Waals surface area (Å²) >= 11 is 0. The zero-order chi connectivity index (χ0) is 31.8. The number of nitrogens with zero attached hydrogens (tertiary/aromatic N) is 3. The molecule has 0 saturated carbocycles. The second-order valence-electron chi connectivity index (χ2n) is 11.9. The van der Waals surface area contributed by atoms with Gasteiger partial charge in [0.2, 0.25) is 0 Å². The average molecular weight is 635 g/mol. The van der Waals surface area contributed by atoms with Crippen molar-refractivity contribution in [3.63, 3.8) is 0 Å². The summed E-state index contributed by atoms with van der Waals surface area (Å²) in [6, 6.07) is 13.6. The van der Waals surface area contributed by atoms with E-state index in [0.717, 1.165) is 37.3 Å². The first-order chi connectivity index (χ1) is 21.5. The monoisotopic (exact) mass is 634 g/mol. The Hall–Kier alpha value is -4.53. The van der Waals surface area contributed by atoms with Crippen LogP contribution in [0.1, 0.15) is 43.5 Å². The highest BCUT2D eigenvalue weighted by atomic mass is 32.2. The van der Waals surface area contributed by atoms with Gasteiger partial charge in [-0.15, -0.1) is 0 Å². The molecule has 2 aromatic carbocycles. The Kier molecular flexibility index (Phi) is 8.20. The first-order valence-electron chi connectivity index (χ1n) is 14.7. The molecular weight excluding hydrogens is 600 g/mol. The van der Waals surface area contributed by atoms with E-state index in [1.807, 2.05) is 10.8 Å². The number of para-hydroxylation sites is 1. The Balaban J connectivity index is 1.15. The van der Waals surface area contributed by atoms with Crippen molar-refractivity contribution < 1.29 is 27.6 Å². The fourth-order valence-electron chi connectivity index (χ4n) is 6.00. The van der Waals surface area contributed by atoms with E-state index in [9.17, 15) is 23.3 Å². The van der Waals surface area contributed by atoms with Crippen molar-refractivity contribution in [3.8, 4) is 11.5 Å². The smallest absolute Gasteiger partial charge is 0.293 e. The molecule has 14 heteroatoms. The number of hydrogen-bond acceptors (Lipinski definition) is 10. The van der Waals surface area contributed by atoms with Crippen molar-refractivity contribution in [1.82, 2.24) is 19.6 Å². The first kappa shape index (κ1) is 30.5. The molecule has 2 atom stereocenters. The molecule has 6 rings (SSSR count). The van der Waals surface area contributed by atoms with Gasteiger partial charge in [-0.1, -0.05) is 12.1 Å². The van der Waals surface area contributed by atoms with Gasteiger partial charge in [-0.2, -0.15) is 0 Å². The normalized spacial score (nSPS) is 20.1. The number of ether oxygens (including phenoxy) is 2. The van der Waals surface area contributed by atoms with Gasteiger partial charge in [-0.05, 0) is 69.5 Å². The average Bonchev–Trinajstić information content (AvgIpc) is 3.66. The number of nitro benzene ring substituents is 1. The fraction of sp³-hybridized carbons (Fsp3) is 0.355. The molecule has 0 bridgehead atoms. The minimum absolute atomic E-state index is 0.0401. The van der Waals surface area contributed by atoms with Crippen LogP contribution in [0.2, 0.25) is 0 Å². The highest BCUT2D eigenvalue weighted by molar-refractivity contribution is 7.90. The minimum Gasteiger partial charge on any atom is -0.455 e. The second-order valence-corrected chi connectivity index (χ2v) is 13.6. The third-order valence-electron chi connectivity index (χ3n) is 8.20. The molecule has 1 unspecified atom stereocenters. The number of carbonyl (C=O) groups excluding carboxylic acids is 1. The Bertz CT molecular complexity index is 1860. The summed E-state index contributed by atoms with van der Waals surface area (Å²) in [6.07, 6.45) is 5.86. The van der Waals surface area contributed by atoms with Crippen LogP contribution in [0.25, 0.3) is 11.0 Å². The van der Waals surface area contributed by atoms with Crippen LogP contribution in [-0.4, -0.2) is 71.5 Å². The second kappa shape index (κ2) is 12.1. The number of hydrogen-bond donors (Lipinski definition) is 3. The number of amides is 1. The van der Waals surface area contributed by atoms with E-state index in [1.54, 1.807) is 24.4 Å². The van der Waals surface area contributed by atoms with E-state index in [4.69, 9.17) is 9.47 Å². The van der Waals surface area contributed by atoms with E-state index in [0.29, 0.717) is 30.6 Å². The van der Waals surface area contributed by atoms with E-state index in [-0.39, 0.29) is 28.6 Å². The van der Waals surface area contributed by atoms with Crippen molar-refractivity contribution in [2.75, 3.05) is 25.0 Å². The lowest BCUT2D eigenvalue weighted by atomic mass is 9.93. The molecule has 45 heavy (non-hydrogen) atoms. The number of nitro groups is 1. The van der Waals surface area contributed by atoms with E-state index < -0.39 is 31.4 Å². The number of likely N-dealkylation sites (tertiary alicyclic amines) is 1. The van der Waals surface area contributed by atoms with Crippen molar-refractivity contribution >= 4 is 38.3 Å². The van der Waals surface area contributed by atoms with Gasteiger partial charge >= 0.3 is 0 Å². The molecule has 2 aliphatic heterocycles. The summed E-state index contributed by atoms with van der Waals surface area (Å²) in [5.41, 5.74) is 0.262. The molecule has 0 radical (unpaired) electrons. The number of pyridine rings is 1. The number of H-pyrrole nitrogens is 1. The summed E-state index contributed by atoms with van der Waals surface area (Å²) in [5, 5.41) is 16.1. The van der Waals surface area contributed by atoms with Gasteiger partial charge in [0.1, 0.15) is 22.8 Å². The number of benzene rings is 2. The van der Waals surface area contributed by atoms with Gasteiger partial charge in [0.05, 0.1) is 27.2 Å². The Morgan fingerprint density at radius 3 is 2.80 bits per heavy atom. The highest BCUT2D eigenvalue weighted by Crippen LogP contribution is 2.33. The molecule has 1 amide bonds. The molecule has 2 saturated heterocycles. The lowest BCUT2D eigenvalue weighted by Crippen LogP contribution is -2.45. The Labute approximate surface area is 260 Å². The number of anilines is 1. The molecule has 0 spiro atoms. The number of carbonyl (C=O) groups is 1. The summed E-state index contributed by atoms with van der Waals surface area (Å²) in [7, 11) is -4.48. The van der Waals surface area contributed by atoms with Gasteiger partial charge in [-0.3, -0.25) is 19.8 Å². The predicted octanol–water partition coefficient (Wildman–Crippen LogP) is 4.83. The molecule has 0 aliphatic carbocycles. The highest BCUT2D eigenvalue weighted by Gasteiger charge is 2.36. The lowest BCUT2D eigenvalue weighted by molar-refractivity contribution is -0.384. The van der Waals surface area contributed by atoms with Crippen LogP contribution in [0.5, 0.6) is 11.5 Å². The van der Waals surface area contributed by atoms with E-state index in [1.165, 1.54) is 30.5 Å². The molecule has 2 aromatic heterocycles. The maximum absolute atomic E-state index is 13.3. The molecular formula is C31H34N6O7S. The summed E-state index contributed by atoms with van der Waals surface area (Å²) in [4.78, 5) is 33.8. The van der Waals surface area contributed by atoms with Crippen LogP contribution in [-0.2, 0) is 14.8 Å². The zero-order valence-corrected chi connectivity index (χ0v) is 25.7. The number of nitrogens with one attached hydrogen (secondary N) is 3. The van der Waals surface area contributed by atoms with Crippen molar-refractivity contribution in [1.29, 1.82) is 0 Å². The molecule has 4 aromatic rings. The third-order valence-corrected chi connectivity index (χ3v) is 9.53. The SMILES string of the molecule is CC1(C)CC(N2CC[C@@H](Nc3ccc(S(=O)(=O)NC(=O)c4ccccc4Oc4cnc5[nH]ccc5c4)cc3[N+](=O)[O-])C2)CCO1. The number of aromatic nitrogens is 2. The van der Waals surface area contributed by atoms with Crippen molar-refractivity contribution in [3.05, 3.63) is 82.7 Å². The number of rotatable bonds is 9. The number of fused-ring (bicyclic) bond motifs is 1. The van der Waals surface area contributed by atoms with Crippen molar-refractivity contribution in [2.45, 2.75) is 55.7 Å². The van der Waals surface area contributed by atoms with Gasteiger partial charge in [0, 0.05) is 49.4 Å².